The van der Waals surface area contributed by atoms with Crippen LogP contribution in [0.25, 0.3) is 0 Å². The number of carbonyl (C=O) groups excluding carboxylic acids is 3. The zero-order valence-electron chi connectivity index (χ0n) is 21.8. The van der Waals surface area contributed by atoms with Crippen molar-refractivity contribution in [3.05, 3.63) is 66.2 Å². The molecule has 0 bridgehead atoms. The number of carbonyl (C=O) groups is 3. The van der Waals surface area contributed by atoms with Crippen molar-refractivity contribution < 1.29 is 19.1 Å². The number of fused-ring (bicyclic) bond motifs is 1. The number of nitrogens with zero attached hydrogens (tertiary/aromatic N) is 2. The van der Waals surface area contributed by atoms with Crippen LogP contribution in [0.1, 0.15) is 50.5 Å². The lowest BCUT2D eigenvalue weighted by Gasteiger charge is -2.34. The van der Waals surface area contributed by atoms with E-state index in [4.69, 9.17) is 10.5 Å². The first kappa shape index (κ1) is 26.2. The smallest absolute Gasteiger partial charge is 0.410 e. The minimum atomic E-state index is -0.535. The van der Waals surface area contributed by atoms with E-state index in [1.165, 1.54) is 6.42 Å². The molecule has 5 rings (SSSR count). The number of benzene rings is 2. The average Bonchev–Trinajstić information content (AvgIpc) is 3.54. The van der Waals surface area contributed by atoms with Crippen LogP contribution in [0.2, 0.25) is 0 Å². The molecular formula is C30H38N4O4. The summed E-state index contributed by atoms with van der Waals surface area (Å²) in [5.41, 5.74) is 8.17. The topological polar surface area (TPSA) is 105 Å². The van der Waals surface area contributed by atoms with Crippen LogP contribution in [0.3, 0.4) is 0 Å². The third kappa shape index (κ3) is 5.85. The molecule has 8 nitrogen and oxygen atoms in total. The lowest BCUT2D eigenvalue weighted by Crippen LogP contribution is -2.52. The molecule has 2 aromatic carbocycles. The van der Waals surface area contributed by atoms with Gasteiger partial charge >= 0.3 is 6.09 Å². The first-order valence-corrected chi connectivity index (χ1v) is 13.9. The molecule has 3 N–H and O–H groups in total. The molecule has 4 atom stereocenters. The first-order valence-electron chi connectivity index (χ1n) is 13.9. The highest BCUT2D eigenvalue weighted by atomic mass is 16.6. The Balaban J connectivity index is 1.30. The highest BCUT2D eigenvalue weighted by Crippen LogP contribution is 2.39. The third-order valence-corrected chi connectivity index (χ3v) is 8.41. The summed E-state index contributed by atoms with van der Waals surface area (Å²) >= 11 is 0. The number of hydrogen-bond donors (Lipinski definition) is 2. The van der Waals surface area contributed by atoms with Gasteiger partial charge in [-0.2, -0.15) is 0 Å². The van der Waals surface area contributed by atoms with Gasteiger partial charge in [0.05, 0.1) is 18.1 Å². The van der Waals surface area contributed by atoms with E-state index in [2.05, 4.69) is 5.32 Å². The molecular weight excluding hydrogens is 480 g/mol. The number of nitrogens with two attached hydrogens (primary N) is 1. The second-order valence-corrected chi connectivity index (χ2v) is 10.9. The van der Waals surface area contributed by atoms with Gasteiger partial charge < -0.3 is 25.6 Å². The average molecular weight is 519 g/mol. The van der Waals surface area contributed by atoms with Gasteiger partial charge in [0.2, 0.25) is 11.8 Å². The van der Waals surface area contributed by atoms with Gasteiger partial charge in [0.15, 0.2) is 0 Å². The summed E-state index contributed by atoms with van der Waals surface area (Å²) in [6.45, 7) is 1.09. The van der Waals surface area contributed by atoms with Crippen LogP contribution < -0.4 is 11.1 Å². The summed E-state index contributed by atoms with van der Waals surface area (Å²) in [6.07, 6.45) is 5.85. The highest BCUT2D eigenvalue weighted by Gasteiger charge is 2.53. The minimum Gasteiger partial charge on any atom is -0.445 e. The van der Waals surface area contributed by atoms with Gasteiger partial charge in [-0.3, -0.25) is 9.59 Å². The standard InChI is InChI=1S/C30H38N4O4/c31-27(22-12-6-2-7-13-22)29(36)33-17-16-25-28(33)23(18-26(35)32-24-14-8-3-9-15-24)19-34(25)30(37)38-20-21-10-4-1-5-11-21/h1,3-5,8-11,14-15,22-23,25,27-28H,2,6-7,12-13,16-20,31H2,(H,32,35). The van der Waals surface area contributed by atoms with E-state index in [1.807, 2.05) is 65.6 Å². The summed E-state index contributed by atoms with van der Waals surface area (Å²) in [6, 6.07) is 17.9. The van der Waals surface area contributed by atoms with Crippen LogP contribution in [0, 0.1) is 11.8 Å². The molecule has 2 saturated heterocycles. The van der Waals surface area contributed by atoms with Crippen molar-refractivity contribution in [2.24, 2.45) is 17.6 Å². The van der Waals surface area contributed by atoms with E-state index in [-0.39, 0.29) is 48.8 Å². The van der Waals surface area contributed by atoms with Gasteiger partial charge in [0.1, 0.15) is 6.61 Å². The second kappa shape index (κ2) is 12.0. The summed E-state index contributed by atoms with van der Waals surface area (Å²) in [5.74, 6) is -0.172. The number of hydrogen-bond acceptors (Lipinski definition) is 5. The minimum absolute atomic E-state index is 0.0441. The van der Waals surface area contributed by atoms with Crippen molar-refractivity contribution in [1.29, 1.82) is 0 Å². The van der Waals surface area contributed by atoms with Gasteiger partial charge in [-0.25, -0.2) is 4.79 Å². The molecule has 4 unspecified atom stereocenters. The van der Waals surface area contributed by atoms with Crippen LogP contribution in [0.15, 0.2) is 60.7 Å². The summed E-state index contributed by atoms with van der Waals surface area (Å²) in [4.78, 5) is 43.5. The molecule has 1 aliphatic carbocycles. The van der Waals surface area contributed by atoms with Crippen LogP contribution in [0.5, 0.6) is 0 Å². The lowest BCUT2D eigenvalue weighted by molar-refractivity contribution is -0.136. The first-order chi connectivity index (χ1) is 18.5. The number of nitrogens with one attached hydrogen (secondary N) is 1. The van der Waals surface area contributed by atoms with Crippen LogP contribution in [0.4, 0.5) is 10.5 Å². The van der Waals surface area contributed by atoms with Gasteiger partial charge in [-0.05, 0) is 42.9 Å². The zero-order valence-corrected chi connectivity index (χ0v) is 21.8. The molecule has 2 aromatic rings. The van der Waals surface area contributed by atoms with Crippen molar-refractivity contribution in [2.75, 3.05) is 18.4 Å². The Hall–Kier alpha value is -3.39. The van der Waals surface area contributed by atoms with Crippen molar-refractivity contribution in [1.82, 2.24) is 9.80 Å². The summed E-state index contributed by atoms with van der Waals surface area (Å²) in [7, 11) is 0. The van der Waals surface area contributed by atoms with E-state index < -0.39 is 12.1 Å². The third-order valence-electron chi connectivity index (χ3n) is 8.41. The molecule has 0 aromatic heterocycles. The fourth-order valence-corrected chi connectivity index (χ4v) is 6.52. The maximum absolute atomic E-state index is 13.7. The van der Waals surface area contributed by atoms with Gasteiger partial charge in [0, 0.05) is 31.1 Å². The van der Waals surface area contributed by atoms with E-state index in [9.17, 15) is 14.4 Å². The van der Waals surface area contributed by atoms with Crippen LogP contribution >= 0.6 is 0 Å². The fourth-order valence-electron chi connectivity index (χ4n) is 6.52. The van der Waals surface area contributed by atoms with Gasteiger partial charge in [-0.1, -0.05) is 67.8 Å². The van der Waals surface area contributed by atoms with Crippen LogP contribution in [-0.4, -0.2) is 58.9 Å². The molecule has 38 heavy (non-hydrogen) atoms. The zero-order chi connectivity index (χ0) is 26.5. The Morgan fingerprint density at radius 2 is 1.61 bits per heavy atom. The molecule has 0 radical (unpaired) electrons. The van der Waals surface area contributed by atoms with Gasteiger partial charge in [0.25, 0.3) is 0 Å². The maximum Gasteiger partial charge on any atom is 0.410 e. The van der Waals surface area contributed by atoms with Crippen molar-refractivity contribution in [3.63, 3.8) is 0 Å². The molecule has 0 spiro atoms. The molecule has 2 aliphatic heterocycles. The van der Waals surface area contributed by atoms with Crippen molar-refractivity contribution in [3.8, 4) is 0 Å². The number of para-hydroxylation sites is 1. The van der Waals surface area contributed by atoms with Gasteiger partial charge in [-0.15, -0.1) is 0 Å². The number of ether oxygens (including phenoxy) is 1. The molecule has 3 amide bonds. The number of amides is 3. The molecule has 202 valence electrons. The summed E-state index contributed by atoms with van der Waals surface area (Å²) in [5, 5.41) is 2.96. The predicted molar refractivity (Wildman–Crippen MR) is 145 cm³/mol. The van der Waals surface area contributed by atoms with E-state index in [0.29, 0.717) is 19.5 Å². The van der Waals surface area contributed by atoms with Crippen molar-refractivity contribution >= 4 is 23.6 Å². The monoisotopic (exact) mass is 518 g/mol. The highest BCUT2D eigenvalue weighted by molar-refractivity contribution is 5.91. The largest absolute Gasteiger partial charge is 0.445 e. The predicted octanol–water partition coefficient (Wildman–Crippen LogP) is 4.16. The molecule has 1 saturated carbocycles. The quantitative estimate of drug-likeness (QED) is 0.573. The molecule has 3 aliphatic rings. The Bertz CT molecular complexity index is 1110. The lowest BCUT2D eigenvalue weighted by atomic mass is 9.83. The maximum atomic E-state index is 13.7. The number of likely N-dealkylation sites (tertiary alicyclic amines) is 2. The molecule has 3 fully saturated rings. The van der Waals surface area contributed by atoms with Crippen LogP contribution in [-0.2, 0) is 20.9 Å². The normalized spacial score (nSPS) is 24.1. The van der Waals surface area contributed by atoms with Crippen molar-refractivity contribution in [2.45, 2.75) is 69.7 Å². The number of anilines is 1. The SMILES string of the molecule is NC(C(=O)N1CCC2C1C(CC(=O)Nc1ccccc1)CN2C(=O)OCc1ccccc1)C1CCCCC1. The molecule has 8 heteroatoms. The summed E-state index contributed by atoms with van der Waals surface area (Å²) < 4.78 is 5.67. The molecule has 2 heterocycles. The number of rotatable bonds is 7. The second-order valence-electron chi connectivity index (χ2n) is 10.9. The Morgan fingerprint density at radius 3 is 2.32 bits per heavy atom. The van der Waals surface area contributed by atoms with E-state index in [1.54, 1.807) is 4.90 Å². The van der Waals surface area contributed by atoms with E-state index in [0.717, 1.165) is 36.9 Å². The Labute approximate surface area is 224 Å². The Kier molecular flexibility index (Phi) is 8.27. The fraction of sp³-hybridized carbons (Fsp3) is 0.500. The Morgan fingerprint density at radius 1 is 0.921 bits per heavy atom. The van der Waals surface area contributed by atoms with E-state index >= 15 is 0 Å².